The molecule has 0 aromatic carbocycles. The molecule has 0 amide bonds. The third kappa shape index (κ3) is 78.8. The zero-order valence-electron chi connectivity index (χ0n) is 67.5. The summed E-state index contributed by atoms with van der Waals surface area (Å²) in [6.07, 6.45) is 93.5. The largest absolute Gasteiger partial charge is 0.472 e. The number of aliphatic hydroxyl groups is 1. The summed E-state index contributed by atoms with van der Waals surface area (Å²) in [7, 11) is -10.0. The first-order valence-corrected chi connectivity index (χ1v) is 44.7. The predicted molar refractivity (Wildman–Crippen MR) is 445 cm³/mol. The van der Waals surface area contributed by atoms with Crippen molar-refractivity contribution < 1.29 is 80.2 Å². The van der Waals surface area contributed by atoms with Gasteiger partial charge in [-0.2, -0.15) is 0 Å². The number of aliphatic hydroxyl groups excluding tert-OH is 1. The van der Waals surface area contributed by atoms with Crippen molar-refractivity contribution in [2.24, 2.45) is 0 Å². The Hall–Kier alpha value is -5.32. The number of rotatable bonds is 77. The summed E-state index contributed by atoms with van der Waals surface area (Å²) in [6.45, 7) is 4.51. The highest BCUT2D eigenvalue weighted by atomic mass is 31.2. The van der Waals surface area contributed by atoms with Crippen LogP contribution in [0.4, 0.5) is 0 Å². The fraction of sp³-hybridized carbons (Fsp3) is 0.663. The van der Waals surface area contributed by atoms with E-state index < -0.39 is 97.5 Å². The lowest BCUT2D eigenvalue weighted by Gasteiger charge is -2.21. The molecule has 3 N–H and O–H groups in total. The van der Waals surface area contributed by atoms with Gasteiger partial charge in [0.15, 0.2) is 12.2 Å². The van der Waals surface area contributed by atoms with E-state index in [2.05, 4.69) is 174 Å². The number of carbonyl (C=O) groups is 4. The second-order valence-corrected chi connectivity index (χ2v) is 30.2. The molecular formula is C89H148O17P2. The van der Waals surface area contributed by atoms with E-state index in [1.807, 2.05) is 12.2 Å². The van der Waals surface area contributed by atoms with Crippen LogP contribution in [0.5, 0.6) is 0 Å². The Morgan fingerprint density at radius 1 is 0.269 bits per heavy atom. The Kier molecular flexibility index (Phi) is 75.8. The molecule has 0 aliphatic heterocycles. The quantitative estimate of drug-likeness (QED) is 0.0169. The van der Waals surface area contributed by atoms with Crippen molar-refractivity contribution in [3.8, 4) is 0 Å². The number of allylic oxidation sites excluding steroid dienone is 26. The van der Waals surface area contributed by atoms with Crippen LogP contribution < -0.4 is 0 Å². The number of esters is 4. The van der Waals surface area contributed by atoms with Gasteiger partial charge in [-0.1, -0.05) is 288 Å². The summed E-state index contributed by atoms with van der Waals surface area (Å²) in [4.78, 5) is 73.2. The van der Waals surface area contributed by atoms with Gasteiger partial charge in [-0.3, -0.25) is 37.3 Å². The van der Waals surface area contributed by atoms with Gasteiger partial charge >= 0.3 is 39.5 Å². The van der Waals surface area contributed by atoms with E-state index in [-0.39, 0.29) is 25.7 Å². The van der Waals surface area contributed by atoms with Crippen LogP contribution in [0.1, 0.15) is 323 Å². The molecule has 0 bridgehead atoms. The first-order valence-electron chi connectivity index (χ1n) is 41.7. The SMILES string of the molecule is CC/C=C\C/C=C\C/C=C\C/C=C\C/C=C\CCCC(=O)OCC(COP(=O)(O)OCC(O)COP(=O)(O)OCC(COC(=O)CCCCCCCC/C=C\C/C=C\C/C=C\CCCCC)OC(=O)CCCCCCC/C=C\C/C=C\CCCCC)OC(=O)CCCCCCCCC/C=C\C/C=C\C/C=C\CC. The maximum absolute atomic E-state index is 13.1. The van der Waals surface area contributed by atoms with E-state index >= 15 is 0 Å². The topological polar surface area (TPSA) is 237 Å². The van der Waals surface area contributed by atoms with Gasteiger partial charge in [0, 0.05) is 25.7 Å². The molecule has 0 aromatic heterocycles. The molecule has 0 aliphatic rings. The molecule has 0 saturated heterocycles. The van der Waals surface area contributed by atoms with E-state index in [0.29, 0.717) is 32.1 Å². The fourth-order valence-corrected chi connectivity index (χ4v) is 12.2. The van der Waals surface area contributed by atoms with Gasteiger partial charge in [0.2, 0.25) is 0 Å². The smallest absolute Gasteiger partial charge is 0.462 e. The fourth-order valence-electron chi connectivity index (χ4n) is 10.7. The minimum Gasteiger partial charge on any atom is -0.462 e. The Bertz CT molecular complexity index is 2660. The minimum absolute atomic E-state index is 0.0660. The average molecular weight is 1550 g/mol. The van der Waals surface area contributed by atoms with Crippen molar-refractivity contribution in [3.63, 3.8) is 0 Å². The third-order valence-electron chi connectivity index (χ3n) is 17.0. The highest BCUT2D eigenvalue weighted by Crippen LogP contribution is 2.45. The molecule has 0 aliphatic carbocycles. The lowest BCUT2D eigenvalue weighted by molar-refractivity contribution is -0.161. The van der Waals surface area contributed by atoms with Gasteiger partial charge in [0.1, 0.15) is 19.3 Å². The van der Waals surface area contributed by atoms with E-state index in [4.69, 9.17) is 37.0 Å². The first-order chi connectivity index (χ1) is 52.7. The van der Waals surface area contributed by atoms with Crippen LogP contribution in [0, 0.1) is 0 Å². The molecule has 17 nitrogen and oxygen atoms in total. The van der Waals surface area contributed by atoms with Crippen LogP contribution in [0.3, 0.4) is 0 Å². The molecule has 0 radical (unpaired) electrons. The van der Waals surface area contributed by atoms with Crippen molar-refractivity contribution in [2.75, 3.05) is 39.6 Å². The second-order valence-electron chi connectivity index (χ2n) is 27.3. The van der Waals surface area contributed by atoms with Crippen LogP contribution in [0.15, 0.2) is 158 Å². The lowest BCUT2D eigenvalue weighted by atomic mass is 10.1. The number of phosphoric acid groups is 2. The number of hydrogen-bond donors (Lipinski definition) is 3. The molecule has 0 heterocycles. The average Bonchev–Trinajstić information content (AvgIpc) is 0.901. The Balaban J connectivity index is 5.45. The molecule has 5 atom stereocenters. The highest BCUT2D eigenvalue weighted by Gasteiger charge is 2.30. The van der Waals surface area contributed by atoms with Crippen LogP contribution in [0.2, 0.25) is 0 Å². The van der Waals surface area contributed by atoms with Crippen LogP contribution in [0.25, 0.3) is 0 Å². The summed E-state index contributed by atoms with van der Waals surface area (Å²) in [5.74, 6) is -2.28. The number of unbranched alkanes of at least 4 members (excludes halogenated alkanes) is 25. The van der Waals surface area contributed by atoms with Crippen LogP contribution >= 0.6 is 15.6 Å². The van der Waals surface area contributed by atoms with Crippen LogP contribution in [-0.2, 0) is 65.4 Å². The maximum Gasteiger partial charge on any atom is 0.472 e. The van der Waals surface area contributed by atoms with Gasteiger partial charge in [0.25, 0.3) is 0 Å². The van der Waals surface area contributed by atoms with Crippen molar-refractivity contribution >= 4 is 39.5 Å². The summed E-state index contributed by atoms with van der Waals surface area (Å²) in [6, 6.07) is 0. The van der Waals surface area contributed by atoms with Crippen molar-refractivity contribution in [1.82, 2.24) is 0 Å². The van der Waals surface area contributed by atoms with E-state index in [1.165, 1.54) is 38.5 Å². The van der Waals surface area contributed by atoms with E-state index in [1.54, 1.807) is 0 Å². The predicted octanol–water partition coefficient (Wildman–Crippen LogP) is 24.8. The Morgan fingerprint density at radius 2 is 0.491 bits per heavy atom. The zero-order valence-corrected chi connectivity index (χ0v) is 69.3. The standard InChI is InChI=1S/C89H148O17P2/c1-5-9-13-17-21-25-29-33-37-40-41-44-47-50-54-58-62-66-70-74-87(92)100-79-84(105-88(93)75-71-67-63-59-55-51-45-36-32-28-24-20-16-12-8-4)81-103-107(95,96)101-77-83(90)78-102-108(97,98)104-82-85(106-89(94)76-72-68-64-60-56-52-48-43-39-35-31-27-23-19-15-11-7-3)80-99-86(91)73-69-65-61-57-53-49-46-42-38-34-30-26-22-18-14-10-6-2/h10-11,14-15,21-28,33-39,41,44-46,49,57,61,83-85,90H,5-9,12-13,16-20,29-32,40,42-43,47-48,50-56,58-60,62-82H2,1-4H3,(H,95,96)(H,97,98)/b14-10-,15-11-,25-21-,26-22-,27-23-,28-24-,37-33-,38-34-,39-35-,44-41-,45-36-,49-46-,61-57-. The van der Waals surface area contributed by atoms with Crippen molar-refractivity contribution in [1.29, 1.82) is 0 Å². The normalized spacial score (nSPS) is 14.6. The summed E-state index contributed by atoms with van der Waals surface area (Å²) in [5.41, 5.74) is 0. The summed E-state index contributed by atoms with van der Waals surface area (Å²) >= 11 is 0. The Labute approximate surface area is 655 Å². The molecule has 0 rings (SSSR count). The lowest BCUT2D eigenvalue weighted by Crippen LogP contribution is -2.30. The minimum atomic E-state index is -5.00. The Morgan fingerprint density at radius 3 is 0.778 bits per heavy atom. The maximum atomic E-state index is 13.1. The van der Waals surface area contributed by atoms with Crippen LogP contribution in [-0.4, -0.2) is 96.7 Å². The molecule has 0 spiro atoms. The molecular weight excluding hydrogens is 1400 g/mol. The first kappa shape index (κ1) is 103. The summed E-state index contributed by atoms with van der Waals surface area (Å²) < 4.78 is 68.7. The van der Waals surface area contributed by atoms with E-state index in [9.17, 15) is 43.2 Å². The molecule has 0 aromatic rings. The van der Waals surface area contributed by atoms with Gasteiger partial charge < -0.3 is 33.8 Å². The molecule has 616 valence electrons. The highest BCUT2D eigenvalue weighted by molar-refractivity contribution is 7.47. The monoisotopic (exact) mass is 1550 g/mol. The van der Waals surface area contributed by atoms with Crippen molar-refractivity contribution in [2.45, 2.75) is 341 Å². The van der Waals surface area contributed by atoms with Gasteiger partial charge in [-0.25, -0.2) is 9.13 Å². The molecule has 108 heavy (non-hydrogen) atoms. The molecule has 0 fully saturated rings. The van der Waals surface area contributed by atoms with E-state index in [0.717, 1.165) is 199 Å². The molecule has 19 heteroatoms. The number of hydrogen-bond acceptors (Lipinski definition) is 15. The number of carbonyl (C=O) groups excluding carboxylic acids is 4. The van der Waals surface area contributed by atoms with Gasteiger partial charge in [0.05, 0.1) is 26.4 Å². The summed E-state index contributed by atoms with van der Waals surface area (Å²) in [5, 5.41) is 10.7. The number of ether oxygens (including phenoxy) is 4. The van der Waals surface area contributed by atoms with Crippen molar-refractivity contribution in [3.05, 3.63) is 158 Å². The molecule has 5 unspecified atom stereocenters. The zero-order chi connectivity index (χ0) is 78.9. The number of phosphoric ester groups is 2. The second kappa shape index (κ2) is 79.8. The molecule has 0 saturated carbocycles. The third-order valence-corrected chi connectivity index (χ3v) is 18.9. The van der Waals surface area contributed by atoms with Gasteiger partial charge in [-0.05, 0) is 167 Å². The van der Waals surface area contributed by atoms with Gasteiger partial charge in [-0.15, -0.1) is 0 Å².